The van der Waals surface area contributed by atoms with Crippen LogP contribution in [0.15, 0.2) is 24.3 Å². The lowest BCUT2D eigenvalue weighted by molar-refractivity contribution is -0.127. The Kier molecular flexibility index (Phi) is 4.56. The van der Waals surface area contributed by atoms with Gasteiger partial charge in [0.15, 0.2) is 0 Å². The van der Waals surface area contributed by atoms with E-state index in [4.69, 9.17) is 0 Å². The minimum Gasteiger partial charge on any atom is -0.358 e. The molecule has 1 heterocycles. The number of hydrogen-bond acceptors (Lipinski definition) is 3. The molecule has 1 amide bonds. The molecule has 2 atom stereocenters. The molecule has 1 fully saturated rings. The van der Waals surface area contributed by atoms with Gasteiger partial charge in [0, 0.05) is 32.7 Å². The minimum absolute atomic E-state index is 0.0556. The van der Waals surface area contributed by atoms with Crippen LogP contribution in [-0.2, 0) is 11.2 Å². The summed E-state index contributed by atoms with van der Waals surface area (Å²) in [6, 6.07) is 9.11. The molecule has 3 rings (SSSR count). The topological polar surface area (TPSA) is 44.4 Å². The molecular formula is C17H25N3O. The molecule has 0 saturated carbocycles. The highest BCUT2D eigenvalue weighted by Crippen LogP contribution is 2.34. The van der Waals surface area contributed by atoms with Gasteiger partial charge in [0.05, 0.1) is 0 Å². The molecule has 4 heteroatoms. The van der Waals surface area contributed by atoms with E-state index in [1.165, 1.54) is 30.4 Å². The fourth-order valence-electron chi connectivity index (χ4n) is 3.74. The second kappa shape index (κ2) is 6.58. The van der Waals surface area contributed by atoms with Crippen molar-refractivity contribution in [2.24, 2.45) is 0 Å². The van der Waals surface area contributed by atoms with E-state index in [9.17, 15) is 4.79 Å². The lowest BCUT2D eigenvalue weighted by Gasteiger charge is -2.41. The molecule has 0 aromatic heterocycles. The smallest absolute Gasteiger partial charge is 0.238 e. The van der Waals surface area contributed by atoms with Gasteiger partial charge in [0.25, 0.3) is 0 Å². The highest BCUT2D eigenvalue weighted by molar-refractivity contribution is 5.82. The summed E-state index contributed by atoms with van der Waals surface area (Å²) in [5.74, 6) is 0.129. The maximum Gasteiger partial charge on any atom is 0.238 e. The van der Waals surface area contributed by atoms with E-state index in [1.807, 2.05) is 0 Å². The third kappa shape index (κ3) is 2.97. The van der Waals surface area contributed by atoms with Crippen LogP contribution in [0.5, 0.6) is 0 Å². The zero-order chi connectivity index (χ0) is 14.7. The number of rotatable bonds is 2. The van der Waals surface area contributed by atoms with Crippen molar-refractivity contribution in [3.8, 4) is 0 Å². The van der Waals surface area contributed by atoms with Gasteiger partial charge in [-0.2, -0.15) is 0 Å². The van der Waals surface area contributed by atoms with E-state index >= 15 is 0 Å². The average molecular weight is 287 g/mol. The van der Waals surface area contributed by atoms with Crippen molar-refractivity contribution >= 4 is 5.91 Å². The van der Waals surface area contributed by atoms with Crippen LogP contribution in [0.25, 0.3) is 0 Å². The van der Waals surface area contributed by atoms with E-state index in [0.717, 1.165) is 26.1 Å². The number of likely N-dealkylation sites (N-methyl/N-ethyl adjacent to an activating group) is 1. The molecule has 21 heavy (non-hydrogen) atoms. The standard InChI is InChI=1S/C17H25N3O/c1-18-17(21)16-12-19-10-11-20(16)15-9-5-3-7-13-6-2-4-8-14(13)15/h2,4,6,8,15-16,19H,3,5,7,9-12H2,1H3,(H,18,21). The van der Waals surface area contributed by atoms with Gasteiger partial charge in [-0.05, 0) is 30.4 Å². The van der Waals surface area contributed by atoms with Crippen molar-refractivity contribution in [1.29, 1.82) is 0 Å². The Labute approximate surface area is 126 Å². The maximum absolute atomic E-state index is 12.2. The Hall–Kier alpha value is -1.39. The van der Waals surface area contributed by atoms with Crippen LogP contribution in [0.1, 0.15) is 36.4 Å². The summed E-state index contributed by atoms with van der Waals surface area (Å²) in [6.07, 6.45) is 4.82. The fraction of sp³-hybridized carbons (Fsp3) is 0.588. The van der Waals surface area contributed by atoms with Gasteiger partial charge in [0.1, 0.15) is 6.04 Å². The van der Waals surface area contributed by atoms with E-state index in [2.05, 4.69) is 39.8 Å². The average Bonchev–Trinajstić information content (AvgIpc) is 2.76. The molecule has 2 unspecified atom stereocenters. The predicted octanol–water partition coefficient (Wildman–Crippen LogP) is 1.47. The first-order chi connectivity index (χ1) is 10.3. The lowest BCUT2D eigenvalue weighted by atomic mass is 9.95. The Morgan fingerprint density at radius 1 is 1.33 bits per heavy atom. The van der Waals surface area contributed by atoms with Gasteiger partial charge in [-0.15, -0.1) is 0 Å². The number of fused-ring (bicyclic) bond motifs is 1. The highest BCUT2D eigenvalue weighted by Gasteiger charge is 2.34. The molecule has 114 valence electrons. The number of aryl methyl sites for hydroxylation is 1. The SMILES string of the molecule is CNC(=O)C1CNCCN1C1CCCCc2ccccc21. The minimum atomic E-state index is -0.0556. The first-order valence-corrected chi connectivity index (χ1v) is 8.07. The van der Waals surface area contributed by atoms with Gasteiger partial charge in [-0.25, -0.2) is 0 Å². The van der Waals surface area contributed by atoms with Crippen LogP contribution < -0.4 is 10.6 Å². The highest BCUT2D eigenvalue weighted by atomic mass is 16.2. The molecule has 0 bridgehead atoms. The summed E-state index contributed by atoms with van der Waals surface area (Å²) in [6.45, 7) is 2.65. The van der Waals surface area contributed by atoms with E-state index in [0.29, 0.717) is 6.04 Å². The number of nitrogens with zero attached hydrogens (tertiary/aromatic N) is 1. The molecule has 0 radical (unpaired) electrons. The number of hydrogen-bond donors (Lipinski definition) is 2. The zero-order valence-electron chi connectivity index (χ0n) is 12.8. The lowest BCUT2D eigenvalue weighted by Crippen LogP contribution is -2.58. The van der Waals surface area contributed by atoms with Crippen LogP contribution in [0, 0.1) is 0 Å². The number of piperazine rings is 1. The van der Waals surface area contributed by atoms with Crippen LogP contribution >= 0.6 is 0 Å². The summed E-state index contributed by atoms with van der Waals surface area (Å²) in [5, 5.41) is 6.18. The number of carbonyl (C=O) groups is 1. The fourth-order valence-corrected chi connectivity index (χ4v) is 3.74. The summed E-state index contributed by atoms with van der Waals surface area (Å²) in [4.78, 5) is 14.6. The van der Waals surface area contributed by atoms with E-state index < -0.39 is 0 Å². The van der Waals surface area contributed by atoms with Crippen molar-refractivity contribution in [1.82, 2.24) is 15.5 Å². The number of carbonyl (C=O) groups excluding carboxylic acids is 1. The second-order valence-electron chi connectivity index (χ2n) is 6.03. The first kappa shape index (κ1) is 14.5. The largest absolute Gasteiger partial charge is 0.358 e. The molecule has 1 aromatic rings. The van der Waals surface area contributed by atoms with Crippen molar-refractivity contribution in [3.05, 3.63) is 35.4 Å². The third-order valence-electron chi connectivity index (χ3n) is 4.82. The normalized spacial score (nSPS) is 26.7. The molecule has 4 nitrogen and oxygen atoms in total. The second-order valence-corrected chi connectivity index (χ2v) is 6.03. The quantitative estimate of drug-likeness (QED) is 0.810. The summed E-state index contributed by atoms with van der Waals surface area (Å²) >= 11 is 0. The van der Waals surface area contributed by atoms with Gasteiger partial charge in [-0.3, -0.25) is 9.69 Å². The Bertz CT molecular complexity index is 503. The maximum atomic E-state index is 12.2. The predicted molar refractivity (Wildman–Crippen MR) is 84.2 cm³/mol. The molecule has 1 aromatic carbocycles. The molecule has 0 spiro atoms. The van der Waals surface area contributed by atoms with Crippen LogP contribution in [0.3, 0.4) is 0 Å². The van der Waals surface area contributed by atoms with Gasteiger partial charge in [0.2, 0.25) is 5.91 Å². The molecule has 1 aliphatic carbocycles. The molecule has 2 N–H and O–H groups in total. The van der Waals surface area contributed by atoms with Crippen LogP contribution in [0.4, 0.5) is 0 Å². The summed E-state index contributed by atoms with van der Waals surface area (Å²) < 4.78 is 0. The van der Waals surface area contributed by atoms with Crippen LogP contribution in [-0.4, -0.2) is 43.5 Å². The number of nitrogens with one attached hydrogen (secondary N) is 2. The van der Waals surface area contributed by atoms with Crippen molar-refractivity contribution in [2.75, 3.05) is 26.7 Å². The van der Waals surface area contributed by atoms with Crippen LogP contribution in [0.2, 0.25) is 0 Å². The molecule has 1 saturated heterocycles. The Morgan fingerprint density at radius 3 is 3.05 bits per heavy atom. The third-order valence-corrected chi connectivity index (χ3v) is 4.82. The van der Waals surface area contributed by atoms with Gasteiger partial charge >= 0.3 is 0 Å². The summed E-state index contributed by atoms with van der Waals surface area (Å²) in [7, 11) is 1.73. The van der Waals surface area contributed by atoms with Crippen molar-refractivity contribution in [2.45, 2.75) is 37.8 Å². The Morgan fingerprint density at radius 2 is 2.19 bits per heavy atom. The molecule has 2 aliphatic rings. The summed E-state index contributed by atoms with van der Waals surface area (Å²) in [5.41, 5.74) is 2.90. The molecular weight excluding hydrogens is 262 g/mol. The number of amides is 1. The van der Waals surface area contributed by atoms with Gasteiger partial charge in [-0.1, -0.05) is 30.7 Å². The van der Waals surface area contributed by atoms with E-state index in [1.54, 1.807) is 7.05 Å². The monoisotopic (exact) mass is 287 g/mol. The van der Waals surface area contributed by atoms with Crippen molar-refractivity contribution in [3.63, 3.8) is 0 Å². The number of benzene rings is 1. The first-order valence-electron chi connectivity index (χ1n) is 8.07. The Balaban J connectivity index is 1.91. The van der Waals surface area contributed by atoms with Crippen molar-refractivity contribution < 1.29 is 4.79 Å². The van der Waals surface area contributed by atoms with Gasteiger partial charge < -0.3 is 10.6 Å². The van der Waals surface area contributed by atoms with E-state index in [-0.39, 0.29) is 11.9 Å². The zero-order valence-corrected chi connectivity index (χ0v) is 12.8. The molecule has 1 aliphatic heterocycles.